The molecule has 0 atom stereocenters. The van der Waals surface area contributed by atoms with E-state index in [1.807, 2.05) is 12.1 Å². The lowest BCUT2D eigenvalue weighted by atomic mass is 9.99. The summed E-state index contributed by atoms with van der Waals surface area (Å²) in [6, 6.07) is 50.8. The Morgan fingerprint density at radius 2 is 0.690 bits per heavy atom. The van der Waals surface area contributed by atoms with Crippen molar-refractivity contribution >= 4 is 43.4 Å². The number of nitrogens with zero attached hydrogens (tertiary/aromatic N) is 2. The minimum Gasteiger partial charge on any atom is -0.247 e. The van der Waals surface area contributed by atoms with E-state index in [0.29, 0.717) is 0 Å². The van der Waals surface area contributed by atoms with Gasteiger partial charge in [0.05, 0.1) is 22.4 Å². The molecule has 2 nitrogen and oxygen atoms in total. The largest absolute Gasteiger partial charge is 0.247 e. The van der Waals surface area contributed by atoms with Crippen LogP contribution < -0.4 is 0 Å². The summed E-state index contributed by atoms with van der Waals surface area (Å²) in [6.45, 7) is 4.22. The van der Waals surface area contributed by atoms with Crippen molar-refractivity contribution in [1.29, 1.82) is 0 Å². The second-order valence-electron chi connectivity index (χ2n) is 10.8. The summed E-state index contributed by atoms with van der Waals surface area (Å²) in [5, 5.41) is 7.38. The van der Waals surface area contributed by atoms with Crippen LogP contribution in [0.15, 0.2) is 146 Å². The average molecular weight is 539 g/mol. The molecular formula is C40H30N2. The van der Waals surface area contributed by atoms with Crippen LogP contribution in [0.1, 0.15) is 11.1 Å². The molecule has 6 aromatic carbocycles. The number of rotatable bonds is 2. The summed E-state index contributed by atoms with van der Waals surface area (Å²) < 4.78 is 0. The van der Waals surface area contributed by atoms with Gasteiger partial charge in [0, 0.05) is 32.7 Å². The van der Waals surface area contributed by atoms with Gasteiger partial charge in [-0.3, -0.25) is 0 Å². The third kappa shape index (κ3) is 4.78. The maximum absolute atomic E-state index is 4.93. The van der Waals surface area contributed by atoms with Crippen LogP contribution in [-0.2, 0) is 0 Å². The van der Waals surface area contributed by atoms with Crippen molar-refractivity contribution in [2.24, 2.45) is 0 Å². The molecule has 0 aliphatic rings. The molecule has 42 heavy (non-hydrogen) atoms. The number of benzene rings is 6. The van der Waals surface area contributed by atoms with Crippen LogP contribution in [0, 0.1) is 13.8 Å². The first kappa shape index (κ1) is 25.6. The molecule has 0 saturated carbocycles. The molecule has 8 aromatic rings. The maximum atomic E-state index is 4.93. The lowest BCUT2D eigenvalue weighted by Gasteiger charge is -2.10. The number of hydrogen-bond donors (Lipinski definition) is 0. The number of hydrogen-bond acceptors (Lipinski definition) is 2. The Hall–Kier alpha value is -5.34. The molecule has 8 rings (SSSR count). The van der Waals surface area contributed by atoms with Gasteiger partial charge in [0.1, 0.15) is 0 Å². The summed E-state index contributed by atoms with van der Waals surface area (Å²) >= 11 is 0. The minimum absolute atomic E-state index is 1.06. The Labute approximate surface area is 246 Å². The van der Waals surface area contributed by atoms with E-state index in [9.17, 15) is 0 Å². The van der Waals surface area contributed by atoms with Crippen LogP contribution in [0.5, 0.6) is 0 Å². The molecule has 0 spiro atoms. The van der Waals surface area contributed by atoms with Gasteiger partial charge in [-0.15, -0.1) is 0 Å². The number of aryl methyl sites for hydroxylation is 2. The van der Waals surface area contributed by atoms with Crippen LogP contribution in [0.3, 0.4) is 0 Å². The summed E-state index contributed by atoms with van der Waals surface area (Å²) in [6.07, 6.45) is 0. The fourth-order valence-corrected chi connectivity index (χ4v) is 5.77. The molecule has 0 amide bonds. The second kappa shape index (κ2) is 10.9. The number of fused-ring (bicyclic) bond motifs is 6. The quantitative estimate of drug-likeness (QED) is 0.205. The molecule has 2 heterocycles. The average Bonchev–Trinajstić information content (AvgIpc) is 3.05. The van der Waals surface area contributed by atoms with E-state index in [0.717, 1.165) is 33.5 Å². The monoisotopic (exact) mass is 538 g/mol. The zero-order valence-corrected chi connectivity index (χ0v) is 23.8. The molecule has 0 fully saturated rings. The van der Waals surface area contributed by atoms with Gasteiger partial charge in [0.15, 0.2) is 0 Å². The molecule has 0 aliphatic carbocycles. The first-order chi connectivity index (χ1) is 20.7. The molecule has 0 bridgehead atoms. The molecule has 0 aliphatic heterocycles. The van der Waals surface area contributed by atoms with Gasteiger partial charge < -0.3 is 0 Å². The fraction of sp³-hybridized carbons (Fsp3) is 0.0500. The highest BCUT2D eigenvalue weighted by molar-refractivity contribution is 6.12. The SMILES string of the molecule is Cc1ccc2c(c1)nc(-c1ccccc1)c1ccccc12.Cc1ccc2c(c1)nc(-c1ccccc1)c1ccccc12. The summed E-state index contributed by atoms with van der Waals surface area (Å²) in [5.74, 6) is 0. The summed E-state index contributed by atoms with van der Waals surface area (Å²) in [4.78, 5) is 9.87. The standard InChI is InChI=1S/2C20H15N/c2*1-14-11-12-17-16-9-5-6-10-18(16)20(21-19(17)13-14)15-7-3-2-4-8-15/h2*2-13H,1H3. The van der Waals surface area contributed by atoms with Crippen molar-refractivity contribution in [1.82, 2.24) is 9.97 Å². The fourth-order valence-electron chi connectivity index (χ4n) is 5.77. The molecule has 2 heteroatoms. The normalized spacial score (nSPS) is 11.1. The smallest absolute Gasteiger partial charge is 0.0788 e. The lowest BCUT2D eigenvalue weighted by molar-refractivity contribution is 1.40. The highest BCUT2D eigenvalue weighted by Crippen LogP contribution is 2.33. The Kier molecular flexibility index (Phi) is 6.65. The number of aromatic nitrogens is 2. The highest BCUT2D eigenvalue weighted by Gasteiger charge is 2.11. The van der Waals surface area contributed by atoms with Gasteiger partial charge in [0.25, 0.3) is 0 Å². The van der Waals surface area contributed by atoms with E-state index in [4.69, 9.17) is 9.97 Å². The molecule has 0 saturated heterocycles. The van der Waals surface area contributed by atoms with Crippen LogP contribution in [-0.4, -0.2) is 9.97 Å². The van der Waals surface area contributed by atoms with Crippen LogP contribution in [0.25, 0.3) is 65.9 Å². The zero-order chi connectivity index (χ0) is 28.5. The predicted octanol–water partition coefficient (Wildman–Crippen LogP) is 10.7. The van der Waals surface area contributed by atoms with Crippen molar-refractivity contribution in [2.45, 2.75) is 13.8 Å². The van der Waals surface area contributed by atoms with Gasteiger partial charge in [-0.05, 0) is 47.9 Å². The van der Waals surface area contributed by atoms with Crippen LogP contribution in [0.2, 0.25) is 0 Å². The molecular weight excluding hydrogens is 508 g/mol. The van der Waals surface area contributed by atoms with E-state index < -0.39 is 0 Å². The van der Waals surface area contributed by atoms with Gasteiger partial charge in [-0.2, -0.15) is 0 Å². The molecule has 200 valence electrons. The van der Waals surface area contributed by atoms with Crippen molar-refractivity contribution in [2.75, 3.05) is 0 Å². The van der Waals surface area contributed by atoms with Crippen molar-refractivity contribution in [3.05, 3.63) is 157 Å². The van der Waals surface area contributed by atoms with E-state index in [1.54, 1.807) is 0 Å². The van der Waals surface area contributed by atoms with E-state index in [1.165, 1.54) is 43.4 Å². The van der Waals surface area contributed by atoms with Gasteiger partial charge >= 0.3 is 0 Å². The van der Waals surface area contributed by atoms with Crippen LogP contribution in [0.4, 0.5) is 0 Å². The molecule has 0 radical (unpaired) electrons. The predicted molar refractivity (Wildman–Crippen MR) is 179 cm³/mol. The Morgan fingerprint density at radius 1 is 0.333 bits per heavy atom. The topological polar surface area (TPSA) is 25.8 Å². The van der Waals surface area contributed by atoms with Gasteiger partial charge in [-0.25, -0.2) is 9.97 Å². The van der Waals surface area contributed by atoms with Crippen molar-refractivity contribution in [3.8, 4) is 22.5 Å². The van der Waals surface area contributed by atoms with Crippen molar-refractivity contribution in [3.63, 3.8) is 0 Å². The zero-order valence-electron chi connectivity index (χ0n) is 23.8. The second-order valence-corrected chi connectivity index (χ2v) is 10.8. The Balaban J connectivity index is 0.000000137. The maximum Gasteiger partial charge on any atom is 0.0788 e. The Morgan fingerprint density at radius 3 is 1.10 bits per heavy atom. The van der Waals surface area contributed by atoms with E-state index in [-0.39, 0.29) is 0 Å². The summed E-state index contributed by atoms with van der Waals surface area (Å²) in [7, 11) is 0. The molecule has 2 aromatic heterocycles. The number of pyridine rings is 2. The summed E-state index contributed by atoms with van der Waals surface area (Å²) in [5.41, 5.74) is 9.05. The first-order valence-electron chi connectivity index (χ1n) is 14.3. The third-order valence-electron chi connectivity index (χ3n) is 7.81. The van der Waals surface area contributed by atoms with Crippen molar-refractivity contribution < 1.29 is 0 Å². The molecule has 0 unspecified atom stereocenters. The third-order valence-corrected chi connectivity index (χ3v) is 7.81. The van der Waals surface area contributed by atoms with Gasteiger partial charge in [-0.1, -0.05) is 133 Å². The highest BCUT2D eigenvalue weighted by atomic mass is 14.7. The van der Waals surface area contributed by atoms with Crippen LogP contribution >= 0.6 is 0 Å². The Bertz CT molecular complexity index is 2040. The lowest BCUT2D eigenvalue weighted by Crippen LogP contribution is -1.90. The van der Waals surface area contributed by atoms with Gasteiger partial charge in [0.2, 0.25) is 0 Å². The first-order valence-corrected chi connectivity index (χ1v) is 14.3. The minimum atomic E-state index is 1.06. The van der Waals surface area contributed by atoms with E-state index in [2.05, 4.69) is 147 Å². The molecule has 0 N–H and O–H groups in total. The van der Waals surface area contributed by atoms with E-state index >= 15 is 0 Å².